The standard InChI is InChI=1S/C8H14F3N3O2/c1-7(2,5(12)14-16)6(15)13-4-3-8(9,10)11/h16H,3-4H2,1-2H3,(H2,12,14)(H,13,15). The van der Waals surface area contributed by atoms with E-state index in [1.54, 1.807) is 0 Å². The van der Waals surface area contributed by atoms with Crippen molar-refractivity contribution in [2.75, 3.05) is 6.54 Å². The fraction of sp³-hybridized carbons (Fsp3) is 0.750. The number of amides is 1. The van der Waals surface area contributed by atoms with Gasteiger partial charge in [-0.05, 0) is 13.8 Å². The molecule has 0 heterocycles. The maximum atomic E-state index is 11.8. The van der Waals surface area contributed by atoms with Crippen molar-refractivity contribution in [3.63, 3.8) is 0 Å². The van der Waals surface area contributed by atoms with E-state index in [-0.39, 0.29) is 5.84 Å². The van der Waals surface area contributed by atoms with E-state index < -0.39 is 30.5 Å². The van der Waals surface area contributed by atoms with E-state index in [0.29, 0.717) is 0 Å². The molecule has 1 amide bonds. The van der Waals surface area contributed by atoms with Gasteiger partial charge in [-0.15, -0.1) is 0 Å². The summed E-state index contributed by atoms with van der Waals surface area (Å²) in [6.07, 6.45) is -5.45. The highest BCUT2D eigenvalue weighted by atomic mass is 19.4. The zero-order chi connectivity index (χ0) is 13.0. The second-order valence-corrected chi connectivity index (χ2v) is 3.73. The third-order valence-electron chi connectivity index (χ3n) is 2.01. The summed E-state index contributed by atoms with van der Waals surface area (Å²) in [6.45, 7) is 2.14. The predicted octanol–water partition coefficient (Wildman–Crippen LogP) is 0.828. The van der Waals surface area contributed by atoms with Crippen LogP contribution in [0.3, 0.4) is 0 Å². The van der Waals surface area contributed by atoms with Crippen molar-refractivity contribution >= 4 is 11.7 Å². The van der Waals surface area contributed by atoms with Crippen molar-refractivity contribution in [3.8, 4) is 0 Å². The first kappa shape index (κ1) is 14.5. The highest BCUT2D eigenvalue weighted by Crippen LogP contribution is 2.19. The van der Waals surface area contributed by atoms with Gasteiger partial charge in [0.1, 0.15) is 5.41 Å². The molecule has 0 radical (unpaired) electrons. The molecule has 0 spiro atoms. The van der Waals surface area contributed by atoms with Gasteiger partial charge in [0.15, 0.2) is 5.84 Å². The van der Waals surface area contributed by atoms with Crippen LogP contribution in [0.15, 0.2) is 5.16 Å². The molecule has 0 aromatic heterocycles. The summed E-state index contributed by atoms with van der Waals surface area (Å²) in [6, 6.07) is 0. The molecule has 16 heavy (non-hydrogen) atoms. The average molecular weight is 241 g/mol. The lowest BCUT2D eigenvalue weighted by molar-refractivity contribution is -0.137. The number of carbonyl (C=O) groups is 1. The number of oxime groups is 1. The van der Waals surface area contributed by atoms with E-state index in [1.165, 1.54) is 13.8 Å². The van der Waals surface area contributed by atoms with Crippen LogP contribution >= 0.6 is 0 Å². The fourth-order valence-corrected chi connectivity index (χ4v) is 0.780. The minimum atomic E-state index is -4.33. The lowest BCUT2D eigenvalue weighted by Crippen LogP contribution is -2.46. The molecular formula is C8H14F3N3O2. The van der Waals surface area contributed by atoms with E-state index in [1.807, 2.05) is 0 Å². The van der Waals surface area contributed by atoms with E-state index in [0.717, 1.165) is 0 Å². The number of nitrogens with one attached hydrogen (secondary N) is 1. The zero-order valence-corrected chi connectivity index (χ0v) is 8.93. The van der Waals surface area contributed by atoms with Gasteiger partial charge in [-0.2, -0.15) is 13.2 Å². The smallest absolute Gasteiger partial charge is 0.390 e. The Kier molecular flexibility index (Phi) is 4.58. The summed E-state index contributed by atoms with van der Waals surface area (Å²) in [4.78, 5) is 11.4. The van der Waals surface area contributed by atoms with Crippen molar-refractivity contribution in [3.05, 3.63) is 0 Å². The molecule has 0 aliphatic carbocycles. The van der Waals surface area contributed by atoms with Gasteiger partial charge < -0.3 is 16.3 Å². The summed E-state index contributed by atoms with van der Waals surface area (Å²) >= 11 is 0. The predicted molar refractivity (Wildman–Crippen MR) is 50.9 cm³/mol. The largest absolute Gasteiger partial charge is 0.409 e. The second kappa shape index (κ2) is 5.04. The molecule has 0 aromatic carbocycles. The highest BCUT2D eigenvalue weighted by molar-refractivity contribution is 6.05. The molecule has 0 aromatic rings. The first-order valence-electron chi connectivity index (χ1n) is 4.44. The van der Waals surface area contributed by atoms with Crippen LogP contribution in [0, 0.1) is 5.41 Å². The summed E-state index contributed by atoms with van der Waals surface area (Å²) in [5.41, 5.74) is 3.88. The van der Waals surface area contributed by atoms with Crippen LogP contribution in [-0.2, 0) is 4.79 Å². The maximum absolute atomic E-state index is 11.8. The van der Waals surface area contributed by atoms with Crippen LogP contribution in [0.2, 0.25) is 0 Å². The topological polar surface area (TPSA) is 87.7 Å². The third-order valence-corrected chi connectivity index (χ3v) is 2.01. The lowest BCUT2D eigenvalue weighted by atomic mass is 9.91. The number of hydrogen-bond donors (Lipinski definition) is 3. The number of hydrogen-bond acceptors (Lipinski definition) is 3. The van der Waals surface area contributed by atoms with Gasteiger partial charge in [-0.3, -0.25) is 4.79 Å². The van der Waals surface area contributed by atoms with E-state index in [2.05, 4.69) is 10.5 Å². The quantitative estimate of drug-likeness (QED) is 0.295. The van der Waals surface area contributed by atoms with Crippen molar-refractivity contribution in [2.45, 2.75) is 26.4 Å². The molecule has 5 nitrogen and oxygen atoms in total. The number of alkyl halides is 3. The van der Waals surface area contributed by atoms with Crippen LogP contribution in [0.4, 0.5) is 13.2 Å². The summed E-state index contributed by atoms with van der Waals surface area (Å²) in [5, 5.41) is 13.1. The molecule has 0 bridgehead atoms. The van der Waals surface area contributed by atoms with Crippen molar-refractivity contribution < 1.29 is 23.2 Å². The van der Waals surface area contributed by atoms with Gasteiger partial charge in [-0.1, -0.05) is 5.16 Å². The maximum Gasteiger partial charge on any atom is 0.390 e. The number of rotatable bonds is 4. The number of halogens is 3. The van der Waals surface area contributed by atoms with Gasteiger partial charge in [0.05, 0.1) is 6.42 Å². The van der Waals surface area contributed by atoms with Crippen LogP contribution in [0.5, 0.6) is 0 Å². The molecule has 0 saturated carbocycles. The Morgan fingerprint density at radius 1 is 1.44 bits per heavy atom. The Bertz CT molecular complexity index is 287. The Hall–Kier alpha value is -1.47. The molecular weight excluding hydrogens is 227 g/mol. The van der Waals surface area contributed by atoms with E-state index in [9.17, 15) is 18.0 Å². The molecule has 0 aliphatic rings. The summed E-state index contributed by atoms with van der Waals surface area (Å²) in [7, 11) is 0. The molecule has 8 heteroatoms. The molecule has 0 atom stereocenters. The molecule has 0 fully saturated rings. The summed E-state index contributed by atoms with van der Waals surface area (Å²) in [5.74, 6) is -1.09. The number of nitrogens with zero attached hydrogens (tertiary/aromatic N) is 1. The van der Waals surface area contributed by atoms with Crippen LogP contribution in [0.1, 0.15) is 20.3 Å². The van der Waals surface area contributed by atoms with Crippen molar-refractivity contribution in [1.82, 2.24) is 5.32 Å². The monoisotopic (exact) mass is 241 g/mol. The van der Waals surface area contributed by atoms with E-state index >= 15 is 0 Å². The minimum absolute atomic E-state index is 0.364. The Morgan fingerprint density at radius 3 is 2.31 bits per heavy atom. The first-order chi connectivity index (χ1) is 7.11. The number of nitrogens with two attached hydrogens (primary N) is 1. The lowest BCUT2D eigenvalue weighted by Gasteiger charge is -2.21. The SMILES string of the molecule is CC(C)(C(=O)NCCC(F)(F)F)C(N)=NO. The molecule has 0 saturated heterocycles. The second-order valence-electron chi connectivity index (χ2n) is 3.73. The van der Waals surface area contributed by atoms with Crippen LogP contribution in [0.25, 0.3) is 0 Å². The Morgan fingerprint density at radius 2 is 1.94 bits per heavy atom. The van der Waals surface area contributed by atoms with Gasteiger partial charge in [0, 0.05) is 6.54 Å². The van der Waals surface area contributed by atoms with Gasteiger partial charge in [0.25, 0.3) is 0 Å². The van der Waals surface area contributed by atoms with Crippen LogP contribution in [-0.4, -0.2) is 29.7 Å². The Balaban J connectivity index is 4.27. The molecule has 94 valence electrons. The van der Waals surface area contributed by atoms with Gasteiger partial charge in [-0.25, -0.2) is 0 Å². The van der Waals surface area contributed by atoms with Gasteiger partial charge >= 0.3 is 6.18 Å². The molecule has 0 rings (SSSR count). The van der Waals surface area contributed by atoms with Crippen LogP contribution < -0.4 is 11.1 Å². The summed E-state index contributed by atoms with van der Waals surface area (Å²) < 4.78 is 35.4. The van der Waals surface area contributed by atoms with Gasteiger partial charge in [0.2, 0.25) is 5.91 Å². The van der Waals surface area contributed by atoms with E-state index in [4.69, 9.17) is 10.9 Å². The fourth-order valence-electron chi connectivity index (χ4n) is 0.780. The first-order valence-corrected chi connectivity index (χ1v) is 4.44. The van der Waals surface area contributed by atoms with Crippen molar-refractivity contribution in [1.29, 1.82) is 0 Å². The van der Waals surface area contributed by atoms with Crippen molar-refractivity contribution in [2.24, 2.45) is 16.3 Å². The molecule has 0 aliphatic heterocycles. The number of carbonyl (C=O) groups excluding carboxylic acids is 1. The molecule has 0 unspecified atom stereocenters. The number of amidine groups is 1. The molecule has 4 N–H and O–H groups in total. The third kappa shape index (κ3) is 4.37. The zero-order valence-electron chi connectivity index (χ0n) is 8.93. The average Bonchev–Trinajstić information content (AvgIpc) is 2.14. The Labute approximate surface area is 90.5 Å². The highest BCUT2D eigenvalue weighted by Gasteiger charge is 2.33. The normalized spacial score (nSPS) is 13.7. The minimum Gasteiger partial charge on any atom is -0.409 e.